The highest BCUT2D eigenvalue weighted by Gasteiger charge is 2.38. The van der Waals surface area contributed by atoms with Crippen LogP contribution >= 0.6 is 0 Å². The number of nitrogens with one attached hydrogen (secondary N) is 1. The molecule has 0 unspecified atom stereocenters. The molecule has 1 heterocycles. The van der Waals surface area contributed by atoms with E-state index in [9.17, 15) is 4.79 Å². The Morgan fingerprint density at radius 1 is 1.41 bits per heavy atom. The lowest BCUT2D eigenvalue weighted by Crippen LogP contribution is -2.37. The van der Waals surface area contributed by atoms with Gasteiger partial charge in [-0.1, -0.05) is 18.6 Å². The maximum absolute atomic E-state index is 12.5. The van der Waals surface area contributed by atoms with Crippen LogP contribution in [-0.4, -0.2) is 30.2 Å². The highest BCUT2D eigenvalue weighted by atomic mass is 16.6. The van der Waals surface area contributed by atoms with E-state index in [1.54, 1.807) is 11.9 Å². The third kappa shape index (κ3) is 3.83. The van der Waals surface area contributed by atoms with E-state index in [4.69, 9.17) is 9.57 Å². The summed E-state index contributed by atoms with van der Waals surface area (Å²) in [7, 11) is 1.72. The lowest BCUT2D eigenvalue weighted by molar-refractivity contribution is 0.0288. The third-order valence-corrected chi connectivity index (χ3v) is 4.21. The fourth-order valence-corrected chi connectivity index (χ4v) is 2.55. The number of hydrogen-bond acceptors (Lipinski definition) is 4. The molecule has 0 bridgehead atoms. The molecule has 1 N–H and O–H groups in total. The number of carbonyl (C=O) groups excluding carboxylic acids is 1. The van der Waals surface area contributed by atoms with Crippen molar-refractivity contribution < 1.29 is 14.4 Å². The average Bonchev–Trinajstić information content (AvgIpc) is 2.49. The second-order valence-corrected chi connectivity index (χ2v) is 6.88. The van der Waals surface area contributed by atoms with Crippen LogP contribution < -0.4 is 5.48 Å². The Kier molecular flexibility index (Phi) is 5.68. The van der Waals surface area contributed by atoms with Gasteiger partial charge in [0.15, 0.2) is 5.76 Å². The van der Waals surface area contributed by atoms with Crippen LogP contribution in [0.15, 0.2) is 23.1 Å². The Bertz CT molecular complexity index is 489. The van der Waals surface area contributed by atoms with Gasteiger partial charge in [0.25, 0.3) is 0 Å². The molecule has 0 radical (unpaired) electrons. The molecule has 1 rings (SSSR count). The van der Waals surface area contributed by atoms with Gasteiger partial charge in [-0.15, -0.1) is 0 Å². The highest BCUT2D eigenvalue weighted by molar-refractivity contribution is 5.71. The number of allylic oxidation sites excluding steroid dienone is 2. The summed E-state index contributed by atoms with van der Waals surface area (Å²) in [6.07, 6.45) is 2.60. The summed E-state index contributed by atoms with van der Waals surface area (Å²) in [6, 6.07) is 0. The lowest BCUT2D eigenvalue weighted by Gasteiger charge is -2.33. The van der Waals surface area contributed by atoms with Crippen molar-refractivity contribution in [2.75, 3.05) is 13.6 Å². The first-order valence-electron chi connectivity index (χ1n) is 7.79. The first-order valence-corrected chi connectivity index (χ1v) is 7.79. The predicted octanol–water partition coefficient (Wildman–Crippen LogP) is 3.98. The zero-order valence-electron chi connectivity index (χ0n) is 15.2. The van der Waals surface area contributed by atoms with E-state index in [2.05, 4.69) is 32.3 Å². The minimum Gasteiger partial charge on any atom is -0.443 e. The number of nitrogens with zero attached hydrogens (tertiary/aromatic N) is 1. The summed E-state index contributed by atoms with van der Waals surface area (Å²) in [5.74, 6) is 0.759. The maximum Gasteiger partial charge on any atom is 0.414 e. The highest BCUT2D eigenvalue weighted by Crippen LogP contribution is 2.42. The quantitative estimate of drug-likeness (QED) is 0.633. The zero-order chi connectivity index (χ0) is 17.1. The van der Waals surface area contributed by atoms with Crippen LogP contribution in [0.4, 0.5) is 4.79 Å². The van der Waals surface area contributed by atoms with Crippen LogP contribution in [0.1, 0.15) is 54.9 Å². The maximum atomic E-state index is 12.5. The SMILES string of the molecule is CC[C@@]1(C)C(C)=CCN(C(=O)OC(C)(C)C)C(C)=C1ONC. The van der Waals surface area contributed by atoms with Crippen molar-refractivity contribution in [3.8, 4) is 0 Å². The van der Waals surface area contributed by atoms with Gasteiger partial charge in [-0.25, -0.2) is 4.79 Å². The van der Waals surface area contributed by atoms with Crippen LogP contribution in [0.3, 0.4) is 0 Å². The fraction of sp³-hybridized carbons (Fsp3) is 0.706. The second-order valence-electron chi connectivity index (χ2n) is 6.88. The van der Waals surface area contributed by atoms with Crippen LogP contribution in [0.25, 0.3) is 0 Å². The summed E-state index contributed by atoms with van der Waals surface area (Å²) < 4.78 is 5.51. The molecule has 0 aliphatic carbocycles. The normalized spacial score (nSPS) is 23.1. The Morgan fingerprint density at radius 2 is 2.00 bits per heavy atom. The number of ether oxygens (including phenoxy) is 1. The van der Waals surface area contributed by atoms with Crippen LogP contribution in [0.2, 0.25) is 0 Å². The van der Waals surface area contributed by atoms with Crippen LogP contribution in [-0.2, 0) is 9.57 Å². The number of amides is 1. The van der Waals surface area contributed by atoms with Gasteiger partial charge in [-0.3, -0.25) is 4.90 Å². The Morgan fingerprint density at radius 3 is 2.45 bits per heavy atom. The van der Waals surface area contributed by atoms with Gasteiger partial charge in [-0.05, 0) is 48.0 Å². The van der Waals surface area contributed by atoms with E-state index in [0.717, 1.165) is 17.9 Å². The minimum absolute atomic E-state index is 0.246. The van der Waals surface area contributed by atoms with Crippen molar-refractivity contribution in [2.24, 2.45) is 5.41 Å². The summed E-state index contributed by atoms with van der Waals surface area (Å²) >= 11 is 0. The van der Waals surface area contributed by atoms with Crippen molar-refractivity contribution in [1.29, 1.82) is 0 Å². The lowest BCUT2D eigenvalue weighted by atomic mass is 9.78. The molecule has 1 atom stereocenters. The fourth-order valence-electron chi connectivity index (χ4n) is 2.55. The van der Waals surface area contributed by atoms with E-state index in [1.165, 1.54) is 5.57 Å². The minimum atomic E-state index is -0.527. The summed E-state index contributed by atoms with van der Waals surface area (Å²) in [6.45, 7) is 14.3. The number of hydroxylamine groups is 1. The van der Waals surface area contributed by atoms with E-state index in [1.807, 2.05) is 27.7 Å². The largest absolute Gasteiger partial charge is 0.443 e. The first-order chi connectivity index (χ1) is 10.1. The number of rotatable bonds is 3. The second kappa shape index (κ2) is 6.73. The predicted molar refractivity (Wildman–Crippen MR) is 87.9 cm³/mol. The van der Waals surface area contributed by atoms with Gasteiger partial charge in [0, 0.05) is 19.0 Å². The number of hydrogen-bond donors (Lipinski definition) is 1. The Balaban J connectivity index is 3.30. The van der Waals surface area contributed by atoms with Crippen molar-refractivity contribution in [3.63, 3.8) is 0 Å². The van der Waals surface area contributed by atoms with Crippen molar-refractivity contribution in [2.45, 2.75) is 60.5 Å². The molecule has 5 nitrogen and oxygen atoms in total. The molecule has 1 amide bonds. The van der Waals surface area contributed by atoms with Gasteiger partial charge >= 0.3 is 6.09 Å². The summed E-state index contributed by atoms with van der Waals surface area (Å²) in [4.78, 5) is 19.8. The average molecular weight is 310 g/mol. The monoisotopic (exact) mass is 310 g/mol. The standard InChI is InChI=1S/C17H30N2O3/c1-9-17(7)12(2)10-11-19(13(3)14(17)22-18-8)15(20)21-16(4,5)6/h10,18H,9,11H2,1-8H3/t17-/m0/s1. The Labute approximate surface area is 134 Å². The molecule has 0 fully saturated rings. The summed E-state index contributed by atoms with van der Waals surface area (Å²) in [5, 5.41) is 0. The van der Waals surface area contributed by atoms with Crippen LogP contribution in [0, 0.1) is 5.41 Å². The molecule has 1 aliphatic rings. The van der Waals surface area contributed by atoms with E-state index in [0.29, 0.717) is 6.54 Å². The van der Waals surface area contributed by atoms with Gasteiger partial charge in [0.05, 0.1) is 5.70 Å². The first kappa shape index (κ1) is 18.6. The third-order valence-electron chi connectivity index (χ3n) is 4.21. The van der Waals surface area contributed by atoms with E-state index in [-0.39, 0.29) is 11.5 Å². The molecule has 0 aromatic carbocycles. The molecule has 126 valence electrons. The molecule has 0 saturated heterocycles. The molecular weight excluding hydrogens is 280 g/mol. The molecule has 0 aromatic rings. The molecular formula is C17H30N2O3. The zero-order valence-corrected chi connectivity index (χ0v) is 15.2. The van der Waals surface area contributed by atoms with Gasteiger partial charge in [-0.2, -0.15) is 5.48 Å². The molecule has 1 aliphatic heterocycles. The van der Waals surface area contributed by atoms with Crippen molar-refractivity contribution >= 4 is 6.09 Å². The van der Waals surface area contributed by atoms with E-state index >= 15 is 0 Å². The van der Waals surface area contributed by atoms with Gasteiger partial charge < -0.3 is 9.57 Å². The van der Waals surface area contributed by atoms with Gasteiger partial charge in [0.1, 0.15) is 5.60 Å². The molecule has 5 heteroatoms. The smallest absolute Gasteiger partial charge is 0.414 e. The van der Waals surface area contributed by atoms with Gasteiger partial charge in [0.2, 0.25) is 0 Å². The van der Waals surface area contributed by atoms with Crippen molar-refractivity contribution in [1.82, 2.24) is 10.4 Å². The molecule has 0 saturated carbocycles. The Hall–Kier alpha value is -1.49. The molecule has 22 heavy (non-hydrogen) atoms. The topological polar surface area (TPSA) is 50.8 Å². The molecule has 0 spiro atoms. The number of carbonyl (C=O) groups is 1. The van der Waals surface area contributed by atoms with Crippen LogP contribution in [0.5, 0.6) is 0 Å². The molecule has 0 aromatic heterocycles. The van der Waals surface area contributed by atoms with Crippen molar-refractivity contribution in [3.05, 3.63) is 23.1 Å². The van der Waals surface area contributed by atoms with E-state index < -0.39 is 5.60 Å². The summed E-state index contributed by atoms with van der Waals surface area (Å²) in [5.41, 5.74) is 3.94.